The van der Waals surface area contributed by atoms with Crippen LogP contribution >= 0.6 is 11.6 Å². The molecule has 1 N–H and O–H groups in total. The molecule has 5 rings (SSSR count). The van der Waals surface area contributed by atoms with Gasteiger partial charge in [-0.25, -0.2) is 4.79 Å². The molecule has 3 aromatic heterocycles. The van der Waals surface area contributed by atoms with Crippen molar-refractivity contribution in [3.8, 4) is 17.3 Å². The number of ether oxygens (including phenoxy) is 2. The van der Waals surface area contributed by atoms with E-state index in [0.717, 1.165) is 22.2 Å². The molecule has 2 aromatic carbocycles. The standard InChI is InChI=1S/C28H26ClN7O3/c1-3-38-27(37)25-18(2)32-28(33-26(25)19-7-5-4-6-8-19)39-17-21-16-36(35-34-21)14-13-31-23-11-12-30-24-15-20(29)9-10-22(23)24/h4-12,15-16H,3,13-14,17H2,1-2H3,(H,30,31). The minimum Gasteiger partial charge on any atom is -0.462 e. The molecule has 0 unspecified atom stereocenters. The first-order valence-electron chi connectivity index (χ1n) is 12.4. The highest BCUT2D eigenvalue weighted by Gasteiger charge is 2.21. The largest absolute Gasteiger partial charge is 0.462 e. The van der Waals surface area contributed by atoms with Crippen LogP contribution in [0, 0.1) is 6.92 Å². The number of esters is 1. The smallest absolute Gasteiger partial charge is 0.342 e. The molecule has 0 bridgehead atoms. The minimum absolute atomic E-state index is 0.121. The predicted octanol–water partition coefficient (Wildman–Crippen LogP) is 5.11. The van der Waals surface area contributed by atoms with E-state index in [1.807, 2.05) is 60.8 Å². The van der Waals surface area contributed by atoms with Gasteiger partial charge in [-0.2, -0.15) is 9.97 Å². The maximum Gasteiger partial charge on any atom is 0.342 e. The predicted molar refractivity (Wildman–Crippen MR) is 148 cm³/mol. The Labute approximate surface area is 230 Å². The third-order valence-corrected chi connectivity index (χ3v) is 6.13. The fourth-order valence-corrected chi connectivity index (χ4v) is 4.26. The Morgan fingerprint density at radius 1 is 1.10 bits per heavy atom. The van der Waals surface area contributed by atoms with Crippen LogP contribution in [0.2, 0.25) is 5.02 Å². The lowest BCUT2D eigenvalue weighted by atomic mass is 10.0. The summed E-state index contributed by atoms with van der Waals surface area (Å²) in [6.07, 6.45) is 3.56. The summed E-state index contributed by atoms with van der Waals surface area (Å²) in [5, 5.41) is 13.4. The number of pyridine rings is 1. The van der Waals surface area contributed by atoms with Gasteiger partial charge in [-0.15, -0.1) is 5.10 Å². The molecule has 0 spiro atoms. The highest BCUT2D eigenvalue weighted by molar-refractivity contribution is 6.31. The first-order chi connectivity index (χ1) is 19.0. The zero-order valence-electron chi connectivity index (χ0n) is 21.5. The maximum absolute atomic E-state index is 12.6. The molecule has 5 aromatic rings. The Morgan fingerprint density at radius 2 is 1.95 bits per heavy atom. The molecule has 0 saturated carbocycles. The monoisotopic (exact) mass is 543 g/mol. The van der Waals surface area contributed by atoms with Crippen LogP contribution in [-0.2, 0) is 17.9 Å². The molecule has 0 fully saturated rings. The van der Waals surface area contributed by atoms with E-state index in [-0.39, 0.29) is 19.2 Å². The Bertz CT molecular complexity index is 1610. The number of benzene rings is 2. The number of hydrogen-bond acceptors (Lipinski definition) is 9. The number of aromatic nitrogens is 6. The molecule has 0 radical (unpaired) electrons. The Kier molecular flexibility index (Phi) is 7.93. The van der Waals surface area contributed by atoms with Gasteiger partial charge < -0.3 is 14.8 Å². The van der Waals surface area contributed by atoms with Crippen molar-refractivity contribution >= 4 is 34.2 Å². The van der Waals surface area contributed by atoms with Crippen molar-refractivity contribution in [1.29, 1.82) is 0 Å². The quantitative estimate of drug-likeness (QED) is 0.240. The van der Waals surface area contributed by atoms with E-state index in [2.05, 4.69) is 30.6 Å². The van der Waals surface area contributed by atoms with Crippen molar-refractivity contribution in [1.82, 2.24) is 29.9 Å². The zero-order chi connectivity index (χ0) is 27.2. The Hall–Kier alpha value is -4.57. The second-order valence-corrected chi connectivity index (χ2v) is 9.05. The molecule has 0 amide bonds. The summed E-state index contributed by atoms with van der Waals surface area (Å²) in [4.78, 5) is 25.9. The second-order valence-electron chi connectivity index (χ2n) is 8.61. The van der Waals surface area contributed by atoms with Crippen LogP contribution in [0.5, 0.6) is 6.01 Å². The molecular weight excluding hydrogens is 518 g/mol. The van der Waals surface area contributed by atoms with Crippen molar-refractivity contribution in [2.75, 3.05) is 18.5 Å². The highest BCUT2D eigenvalue weighted by Crippen LogP contribution is 2.27. The topological polar surface area (TPSA) is 117 Å². The van der Waals surface area contributed by atoms with Crippen molar-refractivity contribution < 1.29 is 14.3 Å². The maximum atomic E-state index is 12.6. The first kappa shape index (κ1) is 26.1. The van der Waals surface area contributed by atoms with Gasteiger partial charge in [0.25, 0.3) is 0 Å². The molecule has 10 nitrogen and oxygen atoms in total. The highest BCUT2D eigenvalue weighted by atomic mass is 35.5. The number of hydrogen-bond donors (Lipinski definition) is 1. The molecule has 0 aliphatic rings. The van der Waals surface area contributed by atoms with E-state index >= 15 is 0 Å². The summed E-state index contributed by atoms with van der Waals surface area (Å²) in [6, 6.07) is 17.1. The molecule has 0 saturated heterocycles. The SMILES string of the molecule is CCOC(=O)c1c(C)nc(OCc2cn(CCNc3ccnc4cc(Cl)ccc34)nn2)nc1-c1ccccc1. The van der Waals surface area contributed by atoms with E-state index < -0.39 is 5.97 Å². The van der Waals surface area contributed by atoms with Crippen LogP contribution in [0.15, 0.2) is 67.0 Å². The van der Waals surface area contributed by atoms with Gasteiger partial charge in [0.05, 0.1) is 36.3 Å². The van der Waals surface area contributed by atoms with E-state index in [1.165, 1.54) is 0 Å². The van der Waals surface area contributed by atoms with Gasteiger partial charge in [0.2, 0.25) is 0 Å². The van der Waals surface area contributed by atoms with E-state index in [0.29, 0.717) is 40.8 Å². The van der Waals surface area contributed by atoms with Crippen molar-refractivity contribution in [3.63, 3.8) is 0 Å². The average Bonchev–Trinajstić information content (AvgIpc) is 3.39. The van der Waals surface area contributed by atoms with Crippen molar-refractivity contribution in [3.05, 3.63) is 89.0 Å². The summed E-state index contributed by atoms with van der Waals surface area (Å²) < 4.78 is 12.8. The summed E-state index contributed by atoms with van der Waals surface area (Å²) in [5.41, 5.74) is 4.42. The zero-order valence-corrected chi connectivity index (χ0v) is 22.2. The van der Waals surface area contributed by atoms with Crippen LogP contribution in [0.1, 0.15) is 28.7 Å². The number of anilines is 1. The Balaban J connectivity index is 1.24. The van der Waals surface area contributed by atoms with Gasteiger partial charge >= 0.3 is 12.0 Å². The third kappa shape index (κ3) is 6.12. The van der Waals surface area contributed by atoms with Gasteiger partial charge in [-0.05, 0) is 38.1 Å². The van der Waals surface area contributed by atoms with E-state index in [9.17, 15) is 4.79 Å². The summed E-state index contributed by atoms with van der Waals surface area (Å²) in [6.45, 7) is 5.08. The number of rotatable bonds is 10. The van der Waals surface area contributed by atoms with Crippen LogP contribution in [-0.4, -0.2) is 49.1 Å². The summed E-state index contributed by atoms with van der Waals surface area (Å²) >= 11 is 6.08. The number of halogens is 1. The van der Waals surface area contributed by atoms with Crippen LogP contribution in [0.25, 0.3) is 22.2 Å². The van der Waals surface area contributed by atoms with E-state index in [1.54, 1.807) is 24.7 Å². The van der Waals surface area contributed by atoms with E-state index in [4.69, 9.17) is 21.1 Å². The molecule has 11 heteroatoms. The molecular formula is C28H26ClN7O3. The minimum atomic E-state index is -0.472. The van der Waals surface area contributed by atoms with Gasteiger partial charge in [0.15, 0.2) is 0 Å². The molecule has 0 atom stereocenters. The van der Waals surface area contributed by atoms with Crippen LogP contribution in [0.3, 0.4) is 0 Å². The summed E-state index contributed by atoms with van der Waals surface area (Å²) in [7, 11) is 0. The lowest BCUT2D eigenvalue weighted by molar-refractivity contribution is 0.0525. The number of carbonyl (C=O) groups is 1. The van der Waals surface area contributed by atoms with Gasteiger partial charge in [-0.3, -0.25) is 9.67 Å². The van der Waals surface area contributed by atoms with Gasteiger partial charge in [0, 0.05) is 34.4 Å². The summed E-state index contributed by atoms with van der Waals surface area (Å²) in [5.74, 6) is -0.472. The van der Waals surface area contributed by atoms with Gasteiger partial charge in [-0.1, -0.05) is 47.1 Å². The van der Waals surface area contributed by atoms with Crippen molar-refractivity contribution in [2.24, 2.45) is 0 Å². The molecule has 198 valence electrons. The normalized spacial score (nSPS) is 10.9. The lowest BCUT2D eigenvalue weighted by Crippen LogP contribution is -2.13. The molecule has 0 aliphatic carbocycles. The first-order valence-corrected chi connectivity index (χ1v) is 12.8. The fraction of sp³-hybridized carbons (Fsp3) is 0.214. The fourth-order valence-electron chi connectivity index (χ4n) is 4.10. The number of nitrogens with zero attached hydrogens (tertiary/aromatic N) is 6. The number of nitrogens with one attached hydrogen (secondary N) is 1. The molecule has 0 aliphatic heterocycles. The third-order valence-electron chi connectivity index (χ3n) is 5.89. The number of fused-ring (bicyclic) bond motifs is 1. The number of carbonyl (C=O) groups excluding carboxylic acids is 1. The Morgan fingerprint density at radius 3 is 2.77 bits per heavy atom. The number of aryl methyl sites for hydroxylation is 1. The second kappa shape index (κ2) is 11.9. The van der Waals surface area contributed by atoms with Crippen LogP contribution < -0.4 is 10.1 Å². The molecule has 3 heterocycles. The van der Waals surface area contributed by atoms with Crippen molar-refractivity contribution in [2.45, 2.75) is 27.0 Å². The van der Waals surface area contributed by atoms with Gasteiger partial charge in [0.1, 0.15) is 17.9 Å². The average molecular weight is 544 g/mol. The lowest BCUT2D eigenvalue weighted by Gasteiger charge is -2.12. The van der Waals surface area contributed by atoms with Crippen LogP contribution in [0.4, 0.5) is 5.69 Å². The molecule has 39 heavy (non-hydrogen) atoms.